The lowest BCUT2D eigenvalue weighted by Crippen LogP contribution is -2.60. The van der Waals surface area contributed by atoms with Crippen LogP contribution < -0.4 is 0 Å². The Balaban J connectivity index is 2.87. The molecular formula is C18H29NO8. The number of rotatable bonds is 8. The summed E-state index contributed by atoms with van der Waals surface area (Å²) in [6.07, 6.45) is -0.904. The fourth-order valence-electron chi connectivity index (χ4n) is 3.77. The number of likely N-dealkylation sites (tertiary alicyclic amines) is 1. The summed E-state index contributed by atoms with van der Waals surface area (Å²) in [5.74, 6) is -8.76. The van der Waals surface area contributed by atoms with E-state index in [-0.39, 0.29) is 11.1 Å². The minimum atomic E-state index is -1.71. The third-order valence-electron chi connectivity index (χ3n) is 5.47. The summed E-state index contributed by atoms with van der Waals surface area (Å²) >= 11 is 0. The van der Waals surface area contributed by atoms with Crippen molar-refractivity contribution in [2.24, 2.45) is 11.8 Å². The standard InChI is InChI=1S/C18H29NO8/c1-17(2)8-10(9-18(3,4)19(17)5)27-14(22)7-12(16(25)26)11(15(23)24)6-13(20)21/h10-12H,6-9H2,1-5H3,(H,20,21)(H,23,24)(H,25,26). The highest BCUT2D eigenvalue weighted by atomic mass is 16.5. The normalized spacial score (nSPS) is 21.8. The van der Waals surface area contributed by atoms with Crippen LogP contribution in [0.25, 0.3) is 0 Å². The Morgan fingerprint density at radius 3 is 1.70 bits per heavy atom. The molecule has 0 radical (unpaired) electrons. The fraction of sp³-hybridized carbons (Fsp3) is 0.778. The molecule has 1 aliphatic heterocycles. The number of carboxylic acid groups (broad SMARTS) is 3. The van der Waals surface area contributed by atoms with Crippen LogP contribution in [0.4, 0.5) is 0 Å². The van der Waals surface area contributed by atoms with Crippen molar-refractivity contribution in [1.29, 1.82) is 0 Å². The van der Waals surface area contributed by atoms with Crippen LogP contribution in [0.5, 0.6) is 0 Å². The van der Waals surface area contributed by atoms with Gasteiger partial charge in [-0.15, -0.1) is 0 Å². The minimum Gasteiger partial charge on any atom is -0.481 e. The lowest BCUT2D eigenvalue weighted by Gasteiger charge is -2.53. The zero-order valence-corrected chi connectivity index (χ0v) is 16.4. The van der Waals surface area contributed by atoms with Gasteiger partial charge in [-0.05, 0) is 34.7 Å². The second-order valence-corrected chi connectivity index (χ2v) is 8.40. The molecule has 9 heteroatoms. The largest absolute Gasteiger partial charge is 0.481 e. The molecule has 2 unspecified atom stereocenters. The van der Waals surface area contributed by atoms with Gasteiger partial charge in [-0.2, -0.15) is 0 Å². The molecule has 27 heavy (non-hydrogen) atoms. The maximum absolute atomic E-state index is 12.3. The molecule has 0 amide bonds. The van der Waals surface area contributed by atoms with E-state index in [1.165, 1.54) is 0 Å². The number of hydrogen-bond donors (Lipinski definition) is 3. The predicted octanol–water partition coefficient (Wildman–Crippen LogP) is 1.45. The molecule has 0 aromatic heterocycles. The smallest absolute Gasteiger partial charge is 0.307 e. The number of esters is 1. The van der Waals surface area contributed by atoms with Gasteiger partial charge in [0.1, 0.15) is 6.10 Å². The molecule has 0 bridgehead atoms. The van der Waals surface area contributed by atoms with Crippen molar-refractivity contribution in [1.82, 2.24) is 4.90 Å². The Labute approximate surface area is 158 Å². The molecule has 1 heterocycles. The summed E-state index contributed by atoms with van der Waals surface area (Å²) in [6.45, 7) is 8.06. The molecule has 1 aliphatic rings. The third-order valence-corrected chi connectivity index (χ3v) is 5.47. The number of carboxylic acids is 3. The molecule has 0 saturated carbocycles. The monoisotopic (exact) mass is 387 g/mol. The molecule has 2 atom stereocenters. The molecule has 3 N–H and O–H groups in total. The Hall–Kier alpha value is -2.16. The van der Waals surface area contributed by atoms with Gasteiger partial charge < -0.3 is 20.1 Å². The van der Waals surface area contributed by atoms with Gasteiger partial charge in [0.25, 0.3) is 0 Å². The van der Waals surface area contributed by atoms with Crippen LogP contribution in [0.15, 0.2) is 0 Å². The van der Waals surface area contributed by atoms with Gasteiger partial charge in [-0.3, -0.25) is 24.1 Å². The van der Waals surface area contributed by atoms with Crippen LogP contribution >= 0.6 is 0 Å². The number of carbonyl (C=O) groups is 4. The lowest BCUT2D eigenvalue weighted by atomic mass is 9.78. The highest BCUT2D eigenvalue weighted by molar-refractivity contribution is 5.86. The summed E-state index contributed by atoms with van der Waals surface area (Å²) in [5, 5.41) is 27.3. The topological polar surface area (TPSA) is 141 Å². The Morgan fingerprint density at radius 2 is 1.33 bits per heavy atom. The van der Waals surface area contributed by atoms with Gasteiger partial charge in [0, 0.05) is 23.9 Å². The number of hydrogen-bond acceptors (Lipinski definition) is 6. The van der Waals surface area contributed by atoms with E-state index in [0.29, 0.717) is 12.8 Å². The Bertz CT molecular complexity index is 594. The van der Waals surface area contributed by atoms with E-state index in [9.17, 15) is 24.3 Å². The number of aliphatic carboxylic acids is 3. The summed E-state index contributed by atoms with van der Waals surface area (Å²) < 4.78 is 5.46. The lowest BCUT2D eigenvalue weighted by molar-refractivity contribution is -0.167. The average molecular weight is 387 g/mol. The molecule has 0 aromatic rings. The molecule has 154 valence electrons. The molecule has 0 aromatic carbocycles. The number of carbonyl (C=O) groups excluding carboxylic acids is 1. The first-order valence-electron chi connectivity index (χ1n) is 8.78. The summed E-state index contributed by atoms with van der Waals surface area (Å²) in [7, 11) is 1.99. The maximum atomic E-state index is 12.3. The van der Waals surface area contributed by atoms with Crippen LogP contribution in [0.1, 0.15) is 53.4 Å². The summed E-state index contributed by atoms with van der Waals surface area (Å²) in [6, 6.07) is 0. The highest BCUT2D eigenvalue weighted by Crippen LogP contribution is 2.38. The van der Waals surface area contributed by atoms with Gasteiger partial charge in [0.2, 0.25) is 0 Å². The van der Waals surface area contributed by atoms with E-state index in [4.69, 9.17) is 14.9 Å². The van der Waals surface area contributed by atoms with Crippen molar-refractivity contribution < 1.29 is 39.2 Å². The van der Waals surface area contributed by atoms with Gasteiger partial charge >= 0.3 is 23.9 Å². The van der Waals surface area contributed by atoms with E-state index < -0.39 is 54.7 Å². The second-order valence-electron chi connectivity index (χ2n) is 8.40. The van der Waals surface area contributed by atoms with Crippen LogP contribution in [-0.2, 0) is 23.9 Å². The van der Waals surface area contributed by atoms with Crippen molar-refractivity contribution >= 4 is 23.9 Å². The van der Waals surface area contributed by atoms with Gasteiger partial charge in [-0.25, -0.2) is 0 Å². The molecule has 0 spiro atoms. The number of ether oxygens (including phenoxy) is 1. The van der Waals surface area contributed by atoms with Crippen molar-refractivity contribution in [3.05, 3.63) is 0 Å². The fourth-order valence-corrected chi connectivity index (χ4v) is 3.77. The third kappa shape index (κ3) is 5.92. The summed E-state index contributed by atoms with van der Waals surface area (Å²) in [5.41, 5.74) is -0.488. The van der Waals surface area contributed by atoms with Gasteiger partial charge in [0.15, 0.2) is 0 Å². The molecular weight excluding hydrogens is 358 g/mol. The van der Waals surface area contributed by atoms with Crippen LogP contribution in [0.2, 0.25) is 0 Å². The minimum absolute atomic E-state index is 0.244. The second kappa shape index (κ2) is 8.24. The predicted molar refractivity (Wildman–Crippen MR) is 94.2 cm³/mol. The molecule has 9 nitrogen and oxygen atoms in total. The van der Waals surface area contributed by atoms with E-state index in [1.807, 2.05) is 34.7 Å². The first kappa shape index (κ1) is 22.9. The first-order chi connectivity index (χ1) is 12.2. The molecule has 1 rings (SSSR count). The van der Waals surface area contributed by atoms with E-state index >= 15 is 0 Å². The van der Waals surface area contributed by atoms with Crippen molar-refractivity contribution in [2.45, 2.75) is 70.6 Å². The van der Waals surface area contributed by atoms with Gasteiger partial charge in [-0.1, -0.05) is 0 Å². The number of nitrogens with zero attached hydrogens (tertiary/aromatic N) is 1. The summed E-state index contributed by atoms with van der Waals surface area (Å²) in [4.78, 5) is 48.0. The van der Waals surface area contributed by atoms with Crippen LogP contribution in [0, 0.1) is 11.8 Å². The Morgan fingerprint density at radius 1 is 0.926 bits per heavy atom. The van der Waals surface area contributed by atoms with Crippen molar-refractivity contribution in [3.8, 4) is 0 Å². The van der Waals surface area contributed by atoms with Crippen molar-refractivity contribution in [3.63, 3.8) is 0 Å². The average Bonchev–Trinajstić information content (AvgIpc) is 2.46. The van der Waals surface area contributed by atoms with E-state index in [0.717, 1.165) is 0 Å². The van der Waals surface area contributed by atoms with Crippen LogP contribution in [-0.4, -0.2) is 68.3 Å². The maximum Gasteiger partial charge on any atom is 0.307 e. The van der Waals surface area contributed by atoms with E-state index in [1.54, 1.807) is 0 Å². The zero-order valence-electron chi connectivity index (χ0n) is 16.4. The first-order valence-corrected chi connectivity index (χ1v) is 8.78. The highest BCUT2D eigenvalue weighted by Gasteiger charge is 2.45. The quantitative estimate of drug-likeness (QED) is 0.527. The van der Waals surface area contributed by atoms with E-state index in [2.05, 4.69) is 4.90 Å². The molecule has 0 aliphatic carbocycles. The number of piperidine rings is 1. The van der Waals surface area contributed by atoms with Gasteiger partial charge in [0.05, 0.1) is 24.7 Å². The molecule has 1 saturated heterocycles. The van der Waals surface area contributed by atoms with Crippen LogP contribution in [0.3, 0.4) is 0 Å². The Kier molecular flexibility index (Phi) is 6.99. The van der Waals surface area contributed by atoms with Crippen molar-refractivity contribution in [2.75, 3.05) is 7.05 Å². The molecule has 1 fully saturated rings. The SMILES string of the molecule is CN1C(C)(C)CC(OC(=O)CC(C(=O)O)C(CC(=O)O)C(=O)O)CC1(C)C. The zero-order chi connectivity index (χ0) is 21.2.